The molecule has 9 heteroatoms. The van der Waals surface area contributed by atoms with Gasteiger partial charge < -0.3 is 10.6 Å². The van der Waals surface area contributed by atoms with Gasteiger partial charge in [0.1, 0.15) is 12.6 Å². The van der Waals surface area contributed by atoms with Crippen molar-refractivity contribution in [2.75, 3.05) is 6.54 Å². The van der Waals surface area contributed by atoms with Crippen molar-refractivity contribution in [1.29, 1.82) is 0 Å². The van der Waals surface area contributed by atoms with Gasteiger partial charge in [-0.05, 0) is 19.1 Å². The molecule has 0 aliphatic heterocycles. The molecule has 1 aromatic carbocycles. The molecular formula is C12H11Cl2F3N2O2. The molecule has 0 spiro atoms. The highest BCUT2D eigenvalue weighted by Gasteiger charge is 2.29. The van der Waals surface area contributed by atoms with Crippen molar-refractivity contribution in [2.24, 2.45) is 0 Å². The number of nitrogens with one attached hydrogen (secondary N) is 2. The number of carbonyl (C=O) groups excluding carboxylic acids is 2. The van der Waals surface area contributed by atoms with E-state index in [0.29, 0.717) is 0 Å². The predicted octanol–water partition coefficient (Wildman–Crippen LogP) is 2.79. The maximum absolute atomic E-state index is 12.0. The summed E-state index contributed by atoms with van der Waals surface area (Å²) in [4.78, 5) is 23.3. The molecule has 2 N–H and O–H groups in total. The van der Waals surface area contributed by atoms with Gasteiger partial charge in [0, 0.05) is 0 Å². The molecule has 0 saturated carbocycles. The zero-order valence-corrected chi connectivity index (χ0v) is 12.2. The summed E-state index contributed by atoms with van der Waals surface area (Å²) in [5.74, 6) is -1.67. The minimum absolute atomic E-state index is 0.000402. The van der Waals surface area contributed by atoms with E-state index in [2.05, 4.69) is 5.32 Å². The van der Waals surface area contributed by atoms with Crippen molar-refractivity contribution < 1.29 is 22.8 Å². The monoisotopic (exact) mass is 342 g/mol. The Balaban J connectivity index is 2.66. The molecule has 0 heterocycles. The van der Waals surface area contributed by atoms with Crippen LogP contribution in [0.1, 0.15) is 17.3 Å². The third-order valence-electron chi connectivity index (χ3n) is 2.40. The minimum Gasteiger partial charge on any atom is -0.345 e. The van der Waals surface area contributed by atoms with Crippen LogP contribution in [0.3, 0.4) is 0 Å². The quantitative estimate of drug-likeness (QED) is 0.883. The van der Waals surface area contributed by atoms with Gasteiger partial charge in [0.2, 0.25) is 5.91 Å². The van der Waals surface area contributed by atoms with E-state index in [-0.39, 0.29) is 15.6 Å². The normalized spacial score (nSPS) is 12.7. The van der Waals surface area contributed by atoms with E-state index in [0.717, 1.165) is 0 Å². The standard InChI is InChI=1S/C12H11Cl2F3N2O2/c1-6(10(20)18-5-12(15,16)17)19-11(21)7-3-2-4-8(13)9(7)14/h2-4,6H,5H2,1H3,(H,18,20)(H,19,21). The van der Waals surface area contributed by atoms with Crippen LogP contribution >= 0.6 is 23.2 Å². The van der Waals surface area contributed by atoms with E-state index in [1.165, 1.54) is 25.1 Å². The van der Waals surface area contributed by atoms with Crippen LogP contribution < -0.4 is 10.6 Å². The second kappa shape index (κ2) is 7.00. The zero-order chi connectivity index (χ0) is 16.2. The second-order valence-corrected chi connectivity index (χ2v) is 4.91. The van der Waals surface area contributed by atoms with Crippen molar-refractivity contribution >= 4 is 35.0 Å². The number of rotatable bonds is 4. The molecule has 1 aromatic rings. The summed E-state index contributed by atoms with van der Waals surface area (Å²) in [6.07, 6.45) is -4.52. The molecule has 4 nitrogen and oxygen atoms in total. The lowest BCUT2D eigenvalue weighted by Gasteiger charge is -2.15. The third kappa shape index (κ3) is 5.43. The van der Waals surface area contributed by atoms with E-state index >= 15 is 0 Å². The van der Waals surface area contributed by atoms with Crippen molar-refractivity contribution in [3.63, 3.8) is 0 Å². The van der Waals surface area contributed by atoms with Crippen LogP contribution in [0.15, 0.2) is 18.2 Å². The van der Waals surface area contributed by atoms with Gasteiger partial charge in [0.15, 0.2) is 0 Å². The van der Waals surface area contributed by atoms with Crippen molar-refractivity contribution in [2.45, 2.75) is 19.1 Å². The number of alkyl halides is 3. The zero-order valence-electron chi connectivity index (χ0n) is 10.7. The first-order valence-electron chi connectivity index (χ1n) is 5.71. The Morgan fingerprint density at radius 2 is 1.90 bits per heavy atom. The Morgan fingerprint density at radius 3 is 2.48 bits per heavy atom. The smallest absolute Gasteiger partial charge is 0.345 e. The summed E-state index contributed by atoms with van der Waals surface area (Å²) in [5, 5.41) is 4.06. The van der Waals surface area contributed by atoms with E-state index in [1.807, 2.05) is 0 Å². The lowest BCUT2D eigenvalue weighted by Crippen LogP contribution is -2.47. The van der Waals surface area contributed by atoms with Crippen LogP contribution in [0.2, 0.25) is 10.0 Å². The summed E-state index contributed by atoms with van der Waals surface area (Å²) in [6.45, 7) is -0.216. The summed E-state index contributed by atoms with van der Waals surface area (Å²) in [6, 6.07) is 3.18. The molecule has 1 unspecified atom stereocenters. The summed E-state index contributed by atoms with van der Waals surface area (Å²) >= 11 is 11.6. The first-order chi connectivity index (χ1) is 9.61. The Kier molecular flexibility index (Phi) is 5.86. The average molecular weight is 343 g/mol. The van der Waals surface area contributed by atoms with Gasteiger partial charge in [0.25, 0.3) is 5.91 Å². The van der Waals surface area contributed by atoms with Gasteiger partial charge in [0.05, 0.1) is 15.6 Å². The molecule has 0 fully saturated rings. The molecule has 0 aliphatic carbocycles. The second-order valence-electron chi connectivity index (χ2n) is 4.13. The fourth-order valence-electron chi connectivity index (χ4n) is 1.36. The fourth-order valence-corrected chi connectivity index (χ4v) is 1.75. The van der Waals surface area contributed by atoms with E-state index < -0.39 is 30.6 Å². The van der Waals surface area contributed by atoms with Crippen molar-refractivity contribution in [1.82, 2.24) is 10.6 Å². The van der Waals surface area contributed by atoms with Crippen LogP contribution in [-0.4, -0.2) is 30.6 Å². The van der Waals surface area contributed by atoms with E-state index in [9.17, 15) is 22.8 Å². The van der Waals surface area contributed by atoms with Crippen molar-refractivity contribution in [3.8, 4) is 0 Å². The van der Waals surface area contributed by atoms with E-state index in [4.69, 9.17) is 23.2 Å². The molecule has 0 saturated heterocycles. The Bertz CT molecular complexity index is 550. The Hall–Kier alpha value is -1.47. The summed E-state index contributed by atoms with van der Waals surface area (Å²) in [7, 11) is 0. The predicted molar refractivity (Wildman–Crippen MR) is 72.5 cm³/mol. The number of hydrogen-bond donors (Lipinski definition) is 2. The molecule has 0 bridgehead atoms. The van der Waals surface area contributed by atoms with Gasteiger partial charge in [-0.2, -0.15) is 13.2 Å². The first kappa shape index (κ1) is 17.6. The lowest BCUT2D eigenvalue weighted by molar-refractivity contribution is -0.139. The highest BCUT2D eigenvalue weighted by atomic mass is 35.5. The molecule has 1 rings (SSSR count). The third-order valence-corrected chi connectivity index (χ3v) is 3.22. The highest BCUT2D eigenvalue weighted by Crippen LogP contribution is 2.25. The molecule has 116 valence electrons. The molecule has 0 aromatic heterocycles. The van der Waals surface area contributed by atoms with Gasteiger partial charge in [-0.1, -0.05) is 29.3 Å². The van der Waals surface area contributed by atoms with Gasteiger partial charge in [-0.15, -0.1) is 0 Å². The lowest BCUT2D eigenvalue weighted by atomic mass is 10.2. The molecule has 1 atom stereocenters. The Morgan fingerprint density at radius 1 is 1.29 bits per heavy atom. The molecule has 21 heavy (non-hydrogen) atoms. The highest BCUT2D eigenvalue weighted by molar-refractivity contribution is 6.43. The number of carbonyl (C=O) groups is 2. The van der Waals surface area contributed by atoms with Crippen LogP contribution in [0.25, 0.3) is 0 Å². The van der Waals surface area contributed by atoms with Crippen LogP contribution in [-0.2, 0) is 4.79 Å². The van der Waals surface area contributed by atoms with Crippen molar-refractivity contribution in [3.05, 3.63) is 33.8 Å². The Labute approximate surface area is 128 Å². The minimum atomic E-state index is -4.52. The number of amides is 2. The SMILES string of the molecule is CC(NC(=O)c1cccc(Cl)c1Cl)C(=O)NCC(F)(F)F. The summed E-state index contributed by atoms with van der Waals surface area (Å²) in [5.41, 5.74) is 0.0274. The fraction of sp³-hybridized carbons (Fsp3) is 0.333. The maximum atomic E-state index is 12.0. The first-order valence-corrected chi connectivity index (χ1v) is 6.46. The van der Waals surface area contributed by atoms with Crippen LogP contribution in [0.4, 0.5) is 13.2 Å². The maximum Gasteiger partial charge on any atom is 0.405 e. The van der Waals surface area contributed by atoms with Crippen LogP contribution in [0.5, 0.6) is 0 Å². The molecule has 0 aliphatic rings. The average Bonchev–Trinajstić information content (AvgIpc) is 2.38. The van der Waals surface area contributed by atoms with Crippen LogP contribution in [0, 0.1) is 0 Å². The number of hydrogen-bond acceptors (Lipinski definition) is 2. The molecule has 0 radical (unpaired) electrons. The topological polar surface area (TPSA) is 58.2 Å². The van der Waals surface area contributed by atoms with Gasteiger partial charge in [-0.25, -0.2) is 0 Å². The number of halogens is 5. The molecular weight excluding hydrogens is 332 g/mol. The largest absolute Gasteiger partial charge is 0.405 e. The van der Waals surface area contributed by atoms with E-state index in [1.54, 1.807) is 5.32 Å². The van der Waals surface area contributed by atoms with Gasteiger partial charge >= 0.3 is 6.18 Å². The molecule has 2 amide bonds. The van der Waals surface area contributed by atoms with Gasteiger partial charge in [-0.3, -0.25) is 9.59 Å². The number of benzene rings is 1. The summed E-state index contributed by atoms with van der Waals surface area (Å²) < 4.78 is 35.9.